The van der Waals surface area contributed by atoms with Gasteiger partial charge in [0.2, 0.25) is 0 Å². The summed E-state index contributed by atoms with van der Waals surface area (Å²) in [7, 11) is 0. The molecule has 6 rings (SSSR count). The zero-order valence-corrected chi connectivity index (χ0v) is 26.6. The van der Waals surface area contributed by atoms with E-state index in [0.717, 1.165) is 94.7 Å². The average Bonchev–Trinajstić information content (AvgIpc) is 3.25. The van der Waals surface area contributed by atoms with Crippen LogP contribution in [-0.4, -0.2) is 0 Å². The van der Waals surface area contributed by atoms with Crippen LogP contribution in [0.25, 0.3) is 0 Å². The zero-order chi connectivity index (χ0) is 26.6. The quantitative estimate of drug-likeness (QED) is 0.325. The third kappa shape index (κ3) is 5.33. The van der Waals surface area contributed by atoms with E-state index in [1.54, 1.807) is 77.0 Å². The highest BCUT2D eigenvalue weighted by Gasteiger charge is 2.56. The van der Waals surface area contributed by atoms with Crippen molar-refractivity contribution in [3.63, 3.8) is 0 Å². The molecule has 6 saturated carbocycles. The molecule has 0 saturated heterocycles. The molecule has 0 aliphatic heterocycles. The molecule has 0 heterocycles. The average molecular weight is 523 g/mol. The Balaban J connectivity index is 1.17. The highest BCUT2D eigenvalue weighted by Crippen LogP contribution is 2.64. The molecule has 0 bridgehead atoms. The van der Waals surface area contributed by atoms with Crippen molar-refractivity contribution < 1.29 is 0 Å². The minimum absolute atomic E-state index is 0.898. The summed E-state index contributed by atoms with van der Waals surface area (Å²) in [5.41, 5.74) is 0. The first-order valence-electron chi connectivity index (χ1n) is 18.3. The standard InChI is InChI=1S/C38H66/c1-23(2)29-20-34-32-14-10-8-12-27(32)19-35(34)36(21-29)37-22-30(38(37)24(3)4)18-28-16-15-25(5)17-33(28)31-13-9-7-11-26(31)6/h23-38H,7-22H2,1-6H3. The molecule has 0 amide bonds. The van der Waals surface area contributed by atoms with Crippen molar-refractivity contribution in [1.29, 1.82) is 0 Å². The Hall–Kier alpha value is 0. The first-order valence-corrected chi connectivity index (χ1v) is 18.3. The predicted octanol–water partition coefficient (Wildman–Crippen LogP) is 11.3. The molecule has 0 aromatic heterocycles. The molecule has 38 heavy (non-hydrogen) atoms. The van der Waals surface area contributed by atoms with E-state index >= 15 is 0 Å². The van der Waals surface area contributed by atoms with E-state index in [2.05, 4.69) is 41.5 Å². The van der Waals surface area contributed by atoms with Crippen LogP contribution in [-0.2, 0) is 0 Å². The lowest BCUT2D eigenvalue weighted by atomic mass is 9.48. The van der Waals surface area contributed by atoms with Gasteiger partial charge in [-0.05, 0) is 152 Å². The van der Waals surface area contributed by atoms with Gasteiger partial charge in [-0.25, -0.2) is 0 Å². The number of rotatable bonds is 6. The van der Waals surface area contributed by atoms with Crippen molar-refractivity contribution >= 4 is 0 Å². The second-order valence-corrected chi connectivity index (χ2v) is 17.4. The first kappa shape index (κ1) is 28.1. The lowest BCUT2D eigenvalue weighted by molar-refractivity contribution is -0.0828. The molecule has 218 valence electrons. The van der Waals surface area contributed by atoms with E-state index in [-0.39, 0.29) is 0 Å². The van der Waals surface area contributed by atoms with Gasteiger partial charge in [0.1, 0.15) is 0 Å². The van der Waals surface area contributed by atoms with Gasteiger partial charge in [0.25, 0.3) is 0 Å². The summed E-state index contributed by atoms with van der Waals surface area (Å²) in [5, 5.41) is 0. The van der Waals surface area contributed by atoms with Gasteiger partial charge < -0.3 is 0 Å². The zero-order valence-electron chi connectivity index (χ0n) is 26.6. The molecule has 6 fully saturated rings. The van der Waals surface area contributed by atoms with E-state index in [1.165, 1.54) is 25.7 Å². The van der Waals surface area contributed by atoms with Gasteiger partial charge in [0, 0.05) is 0 Å². The molecule has 0 heteroatoms. The molecule has 6 aliphatic carbocycles. The minimum Gasteiger partial charge on any atom is -0.0625 e. The van der Waals surface area contributed by atoms with Crippen LogP contribution in [0.4, 0.5) is 0 Å². The van der Waals surface area contributed by atoms with Crippen molar-refractivity contribution in [2.75, 3.05) is 0 Å². The maximum atomic E-state index is 2.63. The Labute approximate surface area is 238 Å². The van der Waals surface area contributed by atoms with Crippen LogP contribution in [0, 0.1) is 94.7 Å². The van der Waals surface area contributed by atoms with Gasteiger partial charge in [-0.2, -0.15) is 0 Å². The number of hydrogen-bond acceptors (Lipinski definition) is 0. The van der Waals surface area contributed by atoms with Crippen LogP contribution >= 0.6 is 0 Å². The Morgan fingerprint density at radius 1 is 0.500 bits per heavy atom. The van der Waals surface area contributed by atoms with E-state index in [1.807, 2.05) is 0 Å². The molecule has 0 spiro atoms. The molecular weight excluding hydrogens is 456 g/mol. The van der Waals surface area contributed by atoms with E-state index < -0.39 is 0 Å². The van der Waals surface area contributed by atoms with Crippen molar-refractivity contribution in [2.24, 2.45) is 94.7 Å². The molecule has 0 aromatic rings. The predicted molar refractivity (Wildman–Crippen MR) is 164 cm³/mol. The molecule has 14 atom stereocenters. The fourth-order valence-electron chi connectivity index (χ4n) is 13.0. The minimum atomic E-state index is 0.898. The van der Waals surface area contributed by atoms with Crippen molar-refractivity contribution in [1.82, 2.24) is 0 Å². The smallest absolute Gasteiger partial charge is 0.0331 e. The molecule has 14 unspecified atom stereocenters. The molecule has 0 N–H and O–H groups in total. The SMILES string of the molecule is CC1CCC(CC2CC(C3CC(C(C)C)CC4C5CCCCC5CC43)C2C(C)C)C(C2CCCCC2C)C1. The topological polar surface area (TPSA) is 0 Å². The van der Waals surface area contributed by atoms with E-state index in [4.69, 9.17) is 0 Å². The van der Waals surface area contributed by atoms with Crippen LogP contribution in [0.15, 0.2) is 0 Å². The van der Waals surface area contributed by atoms with Crippen LogP contribution in [0.1, 0.15) is 144 Å². The highest BCUT2D eigenvalue weighted by molar-refractivity contribution is 5.05. The van der Waals surface area contributed by atoms with Crippen molar-refractivity contribution in [2.45, 2.75) is 144 Å². The Morgan fingerprint density at radius 2 is 1.16 bits per heavy atom. The summed E-state index contributed by atoms with van der Waals surface area (Å²) in [6.07, 6.45) is 25.1. The van der Waals surface area contributed by atoms with Gasteiger partial charge in [-0.1, -0.05) is 86.5 Å². The van der Waals surface area contributed by atoms with Crippen LogP contribution in [0.5, 0.6) is 0 Å². The molecular formula is C38H66. The van der Waals surface area contributed by atoms with Crippen molar-refractivity contribution in [3.05, 3.63) is 0 Å². The van der Waals surface area contributed by atoms with Gasteiger partial charge in [0.15, 0.2) is 0 Å². The van der Waals surface area contributed by atoms with Crippen LogP contribution in [0.2, 0.25) is 0 Å². The monoisotopic (exact) mass is 523 g/mol. The Kier molecular flexibility index (Phi) is 8.67. The summed E-state index contributed by atoms with van der Waals surface area (Å²) < 4.78 is 0. The highest BCUT2D eigenvalue weighted by atomic mass is 14.6. The number of fused-ring (bicyclic) bond motifs is 3. The summed E-state index contributed by atoms with van der Waals surface area (Å²) in [6, 6.07) is 0. The normalized spacial score (nSPS) is 51.5. The number of hydrogen-bond donors (Lipinski definition) is 0. The van der Waals surface area contributed by atoms with Gasteiger partial charge in [-0.3, -0.25) is 0 Å². The van der Waals surface area contributed by atoms with Crippen molar-refractivity contribution in [3.8, 4) is 0 Å². The first-order chi connectivity index (χ1) is 18.3. The Morgan fingerprint density at radius 3 is 1.87 bits per heavy atom. The fraction of sp³-hybridized carbons (Fsp3) is 1.00. The lowest BCUT2D eigenvalue weighted by Crippen LogP contribution is -2.50. The molecule has 0 nitrogen and oxygen atoms in total. The molecule has 6 aliphatic rings. The lowest BCUT2D eigenvalue weighted by Gasteiger charge is -2.57. The molecule has 0 aromatic carbocycles. The maximum absolute atomic E-state index is 2.63. The summed E-state index contributed by atoms with van der Waals surface area (Å²) in [6.45, 7) is 15.6. The fourth-order valence-corrected chi connectivity index (χ4v) is 13.0. The van der Waals surface area contributed by atoms with E-state index in [9.17, 15) is 0 Å². The Bertz CT molecular complexity index is 764. The summed E-state index contributed by atoms with van der Waals surface area (Å²) in [5.74, 6) is 16.7. The van der Waals surface area contributed by atoms with Gasteiger partial charge >= 0.3 is 0 Å². The maximum Gasteiger partial charge on any atom is -0.0331 e. The second kappa shape index (κ2) is 11.7. The van der Waals surface area contributed by atoms with Gasteiger partial charge in [0.05, 0.1) is 0 Å². The second-order valence-electron chi connectivity index (χ2n) is 17.4. The van der Waals surface area contributed by atoms with Crippen LogP contribution < -0.4 is 0 Å². The summed E-state index contributed by atoms with van der Waals surface area (Å²) in [4.78, 5) is 0. The largest absolute Gasteiger partial charge is 0.0625 e. The molecule has 0 radical (unpaired) electrons. The van der Waals surface area contributed by atoms with E-state index in [0.29, 0.717) is 0 Å². The third-order valence-corrected chi connectivity index (χ3v) is 14.9. The summed E-state index contributed by atoms with van der Waals surface area (Å²) >= 11 is 0. The van der Waals surface area contributed by atoms with Gasteiger partial charge in [-0.15, -0.1) is 0 Å². The third-order valence-electron chi connectivity index (χ3n) is 14.9. The van der Waals surface area contributed by atoms with Crippen LogP contribution in [0.3, 0.4) is 0 Å².